The Bertz CT molecular complexity index is 868. The third kappa shape index (κ3) is 3.64. The van der Waals surface area contributed by atoms with Crippen LogP contribution >= 0.6 is 0 Å². The lowest BCUT2D eigenvalue weighted by molar-refractivity contribution is 0.0698. The van der Waals surface area contributed by atoms with Crippen LogP contribution in [0.3, 0.4) is 0 Å². The summed E-state index contributed by atoms with van der Waals surface area (Å²) in [5.41, 5.74) is 1.24. The molecular weight excluding hydrogens is 311 g/mol. The van der Waals surface area contributed by atoms with Crippen molar-refractivity contribution < 1.29 is 14.3 Å². The number of halogens is 1. The number of anilines is 4. The first kappa shape index (κ1) is 15.4. The van der Waals surface area contributed by atoms with Crippen LogP contribution in [0.2, 0.25) is 0 Å². The summed E-state index contributed by atoms with van der Waals surface area (Å²) in [6.45, 7) is 0. The monoisotopic (exact) mass is 324 g/mol. The maximum absolute atomic E-state index is 12.9. The van der Waals surface area contributed by atoms with E-state index in [0.29, 0.717) is 23.0 Å². The van der Waals surface area contributed by atoms with Crippen LogP contribution in [-0.4, -0.2) is 21.0 Å². The number of carboxylic acid groups (broad SMARTS) is 1. The van der Waals surface area contributed by atoms with E-state index in [-0.39, 0.29) is 11.4 Å². The molecule has 0 fully saturated rings. The van der Waals surface area contributed by atoms with E-state index in [1.165, 1.54) is 24.5 Å². The summed E-state index contributed by atoms with van der Waals surface area (Å²) in [4.78, 5) is 19.4. The first-order chi connectivity index (χ1) is 11.6. The highest BCUT2D eigenvalue weighted by Gasteiger charge is 2.10. The number of aromatic carboxylic acids is 1. The third-order valence-electron chi connectivity index (χ3n) is 3.20. The van der Waals surface area contributed by atoms with Crippen molar-refractivity contribution in [2.45, 2.75) is 0 Å². The van der Waals surface area contributed by atoms with Crippen LogP contribution < -0.4 is 10.6 Å². The van der Waals surface area contributed by atoms with Crippen LogP contribution in [0.5, 0.6) is 0 Å². The van der Waals surface area contributed by atoms with E-state index in [2.05, 4.69) is 20.6 Å². The zero-order valence-electron chi connectivity index (χ0n) is 12.4. The number of carbonyl (C=O) groups is 1. The molecule has 3 rings (SSSR count). The van der Waals surface area contributed by atoms with Crippen molar-refractivity contribution in [2.75, 3.05) is 10.6 Å². The van der Waals surface area contributed by atoms with Gasteiger partial charge in [0.05, 0.1) is 11.3 Å². The maximum atomic E-state index is 12.9. The third-order valence-corrected chi connectivity index (χ3v) is 3.20. The summed E-state index contributed by atoms with van der Waals surface area (Å²) in [5, 5.41) is 15.2. The van der Waals surface area contributed by atoms with Crippen LogP contribution in [0.1, 0.15) is 10.4 Å². The SMILES string of the molecule is O=C(O)c1ccccc1Nc1cc(Nc2ccc(F)cc2)ncn1. The normalized spacial score (nSPS) is 10.2. The van der Waals surface area contributed by atoms with Crippen molar-refractivity contribution >= 4 is 29.0 Å². The minimum Gasteiger partial charge on any atom is -0.478 e. The molecule has 0 saturated heterocycles. The molecular formula is C17H13FN4O2. The van der Waals surface area contributed by atoms with Crippen LogP contribution in [0, 0.1) is 5.82 Å². The van der Waals surface area contributed by atoms with Crippen LogP contribution in [0.25, 0.3) is 0 Å². The van der Waals surface area contributed by atoms with Gasteiger partial charge in [-0.2, -0.15) is 0 Å². The number of carboxylic acids is 1. The zero-order valence-corrected chi connectivity index (χ0v) is 12.4. The standard InChI is InChI=1S/C17H13FN4O2/c18-11-5-7-12(8-6-11)21-15-9-16(20-10-19-15)22-14-4-2-1-3-13(14)17(23)24/h1-10H,(H,23,24)(H2,19,20,21,22). The Balaban J connectivity index is 1.81. The largest absolute Gasteiger partial charge is 0.478 e. The lowest BCUT2D eigenvalue weighted by Gasteiger charge is -2.10. The van der Waals surface area contributed by atoms with Gasteiger partial charge in [0.2, 0.25) is 0 Å². The summed E-state index contributed by atoms with van der Waals surface area (Å²) in [5.74, 6) is -0.428. The molecule has 1 aromatic heterocycles. The van der Waals surface area contributed by atoms with E-state index in [4.69, 9.17) is 0 Å². The second-order valence-corrected chi connectivity index (χ2v) is 4.90. The van der Waals surface area contributed by atoms with Crippen molar-refractivity contribution in [3.63, 3.8) is 0 Å². The quantitative estimate of drug-likeness (QED) is 0.662. The Morgan fingerprint density at radius 1 is 0.958 bits per heavy atom. The van der Waals surface area contributed by atoms with Gasteiger partial charge in [-0.3, -0.25) is 0 Å². The average Bonchev–Trinajstić information content (AvgIpc) is 2.58. The molecule has 0 atom stereocenters. The van der Waals surface area contributed by atoms with E-state index in [9.17, 15) is 14.3 Å². The van der Waals surface area contributed by atoms with Gasteiger partial charge in [-0.1, -0.05) is 12.1 Å². The molecule has 0 aliphatic rings. The van der Waals surface area contributed by atoms with Gasteiger partial charge in [-0.25, -0.2) is 19.2 Å². The number of rotatable bonds is 5. The lowest BCUT2D eigenvalue weighted by atomic mass is 10.2. The Labute approximate surface area is 137 Å². The van der Waals surface area contributed by atoms with Crippen molar-refractivity contribution in [3.05, 3.63) is 72.3 Å². The van der Waals surface area contributed by atoms with E-state index >= 15 is 0 Å². The van der Waals surface area contributed by atoms with Gasteiger partial charge < -0.3 is 15.7 Å². The van der Waals surface area contributed by atoms with Gasteiger partial charge in [0.15, 0.2) is 0 Å². The van der Waals surface area contributed by atoms with Gasteiger partial charge >= 0.3 is 5.97 Å². The van der Waals surface area contributed by atoms with Crippen LogP contribution in [0.15, 0.2) is 60.9 Å². The van der Waals surface area contributed by atoms with Gasteiger partial charge in [0, 0.05) is 11.8 Å². The zero-order chi connectivity index (χ0) is 16.9. The minimum absolute atomic E-state index is 0.143. The number of aromatic nitrogens is 2. The minimum atomic E-state index is -1.03. The molecule has 24 heavy (non-hydrogen) atoms. The number of nitrogens with zero attached hydrogens (tertiary/aromatic N) is 2. The molecule has 0 aliphatic heterocycles. The fourth-order valence-electron chi connectivity index (χ4n) is 2.09. The fourth-order valence-corrected chi connectivity index (χ4v) is 2.09. The highest BCUT2D eigenvalue weighted by Crippen LogP contribution is 2.22. The topological polar surface area (TPSA) is 87.1 Å². The number of nitrogens with one attached hydrogen (secondary N) is 2. The average molecular weight is 324 g/mol. The highest BCUT2D eigenvalue weighted by atomic mass is 19.1. The molecule has 0 saturated carbocycles. The Morgan fingerprint density at radius 3 is 2.33 bits per heavy atom. The second-order valence-electron chi connectivity index (χ2n) is 4.90. The van der Waals surface area contributed by atoms with Gasteiger partial charge in [-0.05, 0) is 36.4 Å². The molecule has 3 aromatic rings. The fraction of sp³-hybridized carbons (Fsp3) is 0. The number of para-hydroxylation sites is 1. The lowest BCUT2D eigenvalue weighted by Crippen LogP contribution is -2.04. The number of hydrogen-bond acceptors (Lipinski definition) is 5. The van der Waals surface area contributed by atoms with Gasteiger partial charge in [0.1, 0.15) is 23.8 Å². The van der Waals surface area contributed by atoms with Crippen molar-refractivity contribution in [3.8, 4) is 0 Å². The molecule has 0 spiro atoms. The summed E-state index contributed by atoms with van der Waals surface area (Å²) >= 11 is 0. The Kier molecular flexibility index (Phi) is 4.33. The second kappa shape index (κ2) is 6.74. The molecule has 0 aliphatic carbocycles. The molecule has 7 heteroatoms. The summed E-state index contributed by atoms with van der Waals surface area (Å²) in [7, 11) is 0. The molecule has 0 unspecified atom stereocenters. The van der Waals surface area contributed by atoms with E-state index < -0.39 is 5.97 Å². The molecule has 0 bridgehead atoms. The van der Waals surface area contributed by atoms with E-state index in [1.807, 2.05) is 0 Å². The summed E-state index contributed by atoms with van der Waals surface area (Å²) in [6.07, 6.45) is 1.34. The highest BCUT2D eigenvalue weighted by molar-refractivity contribution is 5.95. The smallest absolute Gasteiger partial charge is 0.337 e. The number of hydrogen-bond donors (Lipinski definition) is 3. The first-order valence-corrected chi connectivity index (χ1v) is 7.06. The van der Waals surface area contributed by atoms with Gasteiger partial charge in [-0.15, -0.1) is 0 Å². The van der Waals surface area contributed by atoms with Crippen molar-refractivity contribution in [1.82, 2.24) is 9.97 Å². The van der Waals surface area contributed by atoms with Crippen LogP contribution in [0.4, 0.5) is 27.4 Å². The van der Waals surface area contributed by atoms with Crippen molar-refractivity contribution in [2.24, 2.45) is 0 Å². The Hall–Kier alpha value is -3.48. The Morgan fingerprint density at radius 2 is 1.62 bits per heavy atom. The number of benzene rings is 2. The van der Waals surface area contributed by atoms with Gasteiger partial charge in [0.25, 0.3) is 0 Å². The summed E-state index contributed by atoms with van der Waals surface area (Å²) < 4.78 is 12.9. The molecule has 2 aromatic carbocycles. The predicted octanol–water partition coefficient (Wildman–Crippen LogP) is 3.80. The maximum Gasteiger partial charge on any atom is 0.337 e. The van der Waals surface area contributed by atoms with Crippen molar-refractivity contribution in [1.29, 1.82) is 0 Å². The summed E-state index contributed by atoms with van der Waals surface area (Å²) in [6, 6.07) is 14.0. The first-order valence-electron chi connectivity index (χ1n) is 7.06. The van der Waals surface area contributed by atoms with Crippen LogP contribution in [-0.2, 0) is 0 Å². The molecule has 120 valence electrons. The molecule has 0 amide bonds. The molecule has 0 radical (unpaired) electrons. The molecule has 6 nitrogen and oxygen atoms in total. The van der Waals surface area contributed by atoms with E-state index in [1.54, 1.807) is 36.4 Å². The molecule has 3 N–H and O–H groups in total. The predicted molar refractivity (Wildman–Crippen MR) is 88.4 cm³/mol. The van der Waals surface area contributed by atoms with E-state index in [0.717, 1.165) is 0 Å². The molecule has 1 heterocycles.